The van der Waals surface area contributed by atoms with E-state index < -0.39 is 0 Å². The van der Waals surface area contributed by atoms with Gasteiger partial charge in [0.1, 0.15) is 0 Å². The number of fused-ring (bicyclic) bond motifs is 1. The minimum absolute atomic E-state index is 0.143. The van der Waals surface area contributed by atoms with Gasteiger partial charge in [0.25, 0.3) is 0 Å². The molecule has 0 bridgehead atoms. The van der Waals surface area contributed by atoms with E-state index in [4.69, 9.17) is 10.9 Å². The van der Waals surface area contributed by atoms with E-state index in [1.54, 1.807) is 0 Å². The van der Waals surface area contributed by atoms with Crippen molar-refractivity contribution in [2.75, 3.05) is 0 Å². The van der Waals surface area contributed by atoms with Crippen molar-refractivity contribution >= 4 is 16.7 Å². The monoisotopic (exact) mass is 259 g/mol. The second kappa shape index (κ2) is 4.96. The molecule has 1 aromatic heterocycles. The standard InChI is InChI=1S/C15H21N3O/c1-15(2,3)7-9-18-8-6-11-10-12(14(16)17-19)4-5-13(11)18/h4-6,8,10,19H,7,9H2,1-3H3,(H2,16,17). The zero-order valence-electron chi connectivity index (χ0n) is 11.7. The van der Waals surface area contributed by atoms with Crippen LogP contribution in [0.4, 0.5) is 0 Å². The Bertz CT molecular complexity index is 605. The fourth-order valence-corrected chi connectivity index (χ4v) is 2.07. The summed E-state index contributed by atoms with van der Waals surface area (Å²) in [5.74, 6) is 0.143. The molecule has 1 aromatic carbocycles. The molecule has 102 valence electrons. The van der Waals surface area contributed by atoms with Gasteiger partial charge in [-0.25, -0.2) is 0 Å². The van der Waals surface area contributed by atoms with E-state index in [2.05, 4.69) is 42.8 Å². The molecule has 3 N–H and O–H groups in total. The maximum atomic E-state index is 8.70. The van der Waals surface area contributed by atoms with E-state index >= 15 is 0 Å². The predicted molar refractivity (Wildman–Crippen MR) is 78.5 cm³/mol. The topological polar surface area (TPSA) is 63.5 Å². The number of aryl methyl sites for hydroxylation is 1. The Hall–Kier alpha value is -1.97. The zero-order valence-corrected chi connectivity index (χ0v) is 11.7. The normalized spacial score (nSPS) is 13.1. The molecule has 0 unspecified atom stereocenters. The molecule has 0 saturated heterocycles. The van der Waals surface area contributed by atoms with Crippen LogP contribution in [0.1, 0.15) is 32.8 Å². The van der Waals surface area contributed by atoms with Crippen LogP contribution in [-0.4, -0.2) is 15.6 Å². The van der Waals surface area contributed by atoms with Crippen LogP contribution in [0.15, 0.2) is 35.6 Å². The molecule has 0 aliphatic rings. The summed E-state index contributed by atoms with van der Waals surface area (Å²) >= 11 is 0. The molecule has 0 aliphatic heterocycles. The quantitative estimate of drug-likeness (QED) is 0.385. The van der Waals surface area contributed by atoms with Crippen molar-refractivity contribution in [3.63, 3.8) is 0 Å². The summed E-state index contributed by atoms with van der Waals surface area (Å²) in [5.41, 5.74) is 7.84. The molecule has 0 fully saturated rings. The van der Waals surface area contributed by atoms with Crippen molar-refractivity contribution < 1.29 is 5.21 Å². The highest BCUT2D eigenvalue weighted by atomic mass is 16.4. The lowest BCUT2D eigenvalue weighted by molar-refractivity contribution is 0.318. The number of nitrogens with zero attached hydrogens (tertiary/aromatic N) is 2. The van der Waals surface area contributed by atoms with Gasteiger partial charge in [0, 0.05) is 29.2 Å². The fraction of sp³-hybridized carbons (Fsp3) is 0.400. The zero-order chi connectivity index (χ0) is 14.0. The van der Waals surface area contributed by atoms with Crippen molar-refractivity contribution in [1.29, 1.82) is 0 Å². The Labute approximate surface area is 113 Å². The van der Waals surface area contributed by atoms with E-state index in [-0.39, 0.29) is 5.84 Å². The van der Waals surface area contributed by atoms with Gasteiger partial charge in [-0.2, -0.15) is 0 Å². The first-order valence-corrected chi connectivity index (χ1v) is 6.47. The summed E-state index contributed by atoms with van der Waals surface area (Å²) in [5, 5.41) is 12.8. The summed E-state index contributed by atoms with van der Waals surface area (Å²) in [4.78, 5) is 0. The van der Waals surface area contributed by atoms with Gasteiger partial charge in [0.15, 0.2) is 5.84 Å². The molecule has 1 heterocycles. The number of nitrogens with two attached hydrogens (primary N) is 1. The average Bonchev–Trinajstić information content (AvgIpc) is 2.76. The van der Waals surface area contributed by atoms with Gasteiger partial charge in [-0.1, -0.05) is 25.9 Å². The van der Waals surface area contributed by atoms with Crippen LogP contribution >= 0.6 is 0 Å². The fourth-order valence-electron chi connectivity index (χ4n) is 2.07. The van der Waals surface area contributed by atoms with Gasteiger partial charge >= 0.3 is 0 Å². The van der Waals surface area contributed by atoms with Gasteiger partial charge in [-0.3, -0.25) is 0 Å². The van der Waals surface area contributed by atoms with Crippen molar-refractivity contribution in [1.82, 2.24) is 4.57 Å². The van der Waals surface area contributed by atoms with Gasteiger partial charge in [0.05, 0.1) is 0 Å². The molecule has 0 radical (unpaired) electrons. The Kier molecular flexibility index (Phi) is 3.51. The number of oxime groups is 1. The maximum absolute atomic E-state index is 8.70. The SMILES string of the molecule is CC(C)(C)CCn1ccc2cc(/C(N)=N/O)ccc21. The predicted octanol–water partition coefficient (Wildman–Crippen LogP) is 3.17. The Balaban J connectivity index is 2.29. The Morgan fingerprint density at radius 2 is 2.05 bits per heavy atom. The minimum Gasteiger partial charge on any atom is -0.409 e. The maximum Gasteiger partial charge on any atom is 0.170 e. The molecule has 0 spiro atoms. The minimum atomic E-state index is 0.143. The number of aromatic nitrogens is 1. The highest BCUT2D eigenvalue weighted by Crippen LogP contribution is 2.23. The first-order valence-electron chi connectivity index (χ1n) is 6.47. The van der Waals surface area contributed by atoms with Gasteiger partial charge in [0.2, 0.25) is 0 Å². The van der Waals surface area contributed by atoms with Crippen LogP contribution in [0.5, 0.6) is 0 Å². The van der Waals surface area contributed by atoms with Gasteiger partial charge < -0.3 is 15.5 Å². The lowest BCUT2D eigenvalue weighted by Crippen LogP contribution is -2.13. The average molecular weight is 259 g/mol. The third kappa shape index (κ3) is 3.08. The van der Waals surface area contributed by atoms with E-state index in [1.165, 1.54) is 5.52 Å². The van der Waals surface area contributed by atoms with Crippen LogP contribution in [0, 0.1) is 5.41 Å². The molecule has 2 rings (SSSR count). The van der Waals surface area contributed by atoms with Crippen LogP contribution in [0.3, 0.4) is 0 Å². The molecular weight excluding hydrogens is 238 g/mol. The molecule has 4 nitrogen and oxygen atoms in total. The van der Waals surface area contributed by atoms with E-state index in [0.29, 0.717) is 5.41 Å². The van der Waals surface area contributed by atoms with E-state index in [1.807, 2.05) is 18.2 Å². The van der Waals surface area contributed by atoms with E-state index in [9.17, 15) is 0 Å². The van der Waals surface area contributed by atoms with Crippen molar-refractivity contribution in [3.05, 3.63) is 36.0 Å². The van der Waals surface area contributed by atoms with Crippen LogP contribution in [-0.2, 0) is 6.54 Å². The molecule has 0 saturated carbocycles. The van der Waals surface area contributed by atoms with Crippen molar-refractivity contribution in [2.45, 2.75) is 33.7 Å². The summed E-state index contributed by atoms with van der Waals surface area (Å²) in [6.07, 6.45) is 3.21. The van der Waals surface area contributed by atoms with Gasteiger partial charge in [-0.05, 0) is 36.1 Å². The molecule has 0 amide bonds. The number of hydrogen-bond donors (Lipinski definition) is 2. The van der Waals surface area contributed by atoms with Crippen LogP contribution in [0.2, 0.25) is 0 Å². The second-order valence-electron chi connectivity index (χ2n) is 6.08. The summed E-state index contributed by atoms with van der Waals surface area (Å²) < 4.78 is 2.25. The van der Waals surface area contributed by atoms with Crippen LogP contribution in [0.25, 0.3) is 10.9 Å². The third-order valence-corrected chi connectivity index (χ3v) is 3.28. The number of rotatable bonds is 3. The summed E-state index contributed by atoms with van der Waals surface area (Å²) in [6, 6.07) is 7.90. The van der Waals surface area contributed by atoms with E-state index in [0.717, 1.165) is 23.9 Å². The molecule has 19 heavy (non-hydrogen) atoms. The van der Waals surface area contributed by atoms with Gasteiger partial charge in [-0.15, -0.1) is 0 Å². The largest absolute Gasteiger partial charge is 0.409 e. The summed E-state index contributed by atoms with van der Waals surface area (Å²) in [7, 11) is 0. The first-order chi connectivity index (χ1) is 8.90. The number of amidine groups is 1. The van der Waals surface area contributed by atoms with Crippen molar-refractivity contribution in [3.8, 4) is 0 Å². The molecular formula is C15H21N3O. The molecule has 4 heteroatoms. The smallest absolute Gasteiger partial charge is 0.170 e. The number of hydrogen-bond acceptors (Lipinski definition) is 2. The lowest BCUT2D eigenvalue weighted by atomic mass is 9.92. The molecule has 0 atom stereocenters. The number of benzene rings is 1. The third-order valence-electron chi connectivity index (χ3n) is 3.28. The summed E-state index contributed by atoms with van der Waals surface area (Å²) in [6.45, 7) is 7.73. The Morgan fingerprint density at radius 3 is 2.68 bits per heavy atom. The first kappa shape index (κ1) is 13.5. The highest BCUT2D eigenvalue weighted by molar-refractivity contribution is 6.00. The van der Waals surface area contributed by atoms with Crippen molar-refractivity contribution in [2.24, 2.45) is 16.3 Å². The molecule has 0 aliphatic carbocycles. The molecule has 2 aromatic rings. The van der Waals surface area contributed by atoms with Crippen LogP contribution < -0.4 is 5.73 Å². The highest BCUT2D eigenvalue weighted by Gasteiger charge is 2.11. The Morgan fingerprint density at radius 1 is 1.32 bits per heavy atom. The second-order valence-corrected chi connectivity index (χ2v) is 6.08. The lowest BCUT2D eigenvalue weighted by Gasteiger charge is -2.18.